The summed E-state index contributed by atoms with van der Waals surface area (Å²) in [4.78, 5) is 0. The van der Waals surface area contributed by atoms with Crippen molar-refractivity contribution in [1.82, 2.24) is 0 Å². The molecule has 0 saturated heterocycles. The van der Waals surface area contributed by atoms with Crippen LogP contribution in [0.3, 0.4) is 0 Å². The van der Waals surface area contributed by atoms with E-state index in [2.05, 4.69) is 30.3 Å². The largest absolute Gasteiger partial charge is 0.390 e. The Morgan fingerprint density at radius 2 is 1.71 bits per heavy atom. The van der Waals surface area contributed by atoms with Crippen LogP contribution in [0.5, 0.6) is 0 Å². The quantitative estimate of drug-likeness (QED) is 0.721. The molecule has 14 heavy (non-hydrogen) atoms. The number of hydrogen-bond donors (Lipinski definition) is 1. The van der Waals surface area contributed by atoms with Gasteiger partial charge in [0.15, 0.2) is 0 Å². The van der Waals surface area contributed by atoms with Gasteiger partial charge in [0.1, 0.15) is 0 Å². The smallest absolute Gasteiger partial charge is 0.0620 e. The van der Waals surface area contributed by atoms with Crippen LogP contribution in [0.2, 0.25) is 0 Å². The summed E-state index contributed by atoms with van der Waals surface area (Å²) in [5.74, 6) is 0.663. The van der Waals surface area contributed by atoms with Gasteiger partial charge >= 0.3 is 0 Å². The second-order valence-corrected chi connectivity index (χ2v) is 4.68. The van der Waals surface area contributed by atoms with E-state index in [9.17, 15) is 5.11 Å². The molecule has 0 spiro atoms. The SMILES string of the molecule is CC1(O)CCC(c2ccccc2)CC1. The van der Waals surface area contributed by atoms with Gasteiger partial charge in [-0.2, -0.15) is 0 Å². The molecule has 0 atom stereocenters. The molecule has 1 aromatic rings. The lowest BCUT2D eigenvalue weighted by molar-refractivity contribution is 0.0172. The molecule has 1 aliphatic carbocycles. The molecule has 0 amide bonds. The van der Waals surface area contributed by atoms with Crippen LogP contribution in [0.25, 0.3) is 0 Å². The van der Waals surface area contributed by atoms with Gasteiger partial charge in [-0.05, 0) is 44.1 Å². The molecule has 0 bridgehead atoms. The molecule has 1 fully saturated rings. The van der Waals surface area contributed by atoms with Crippen LogP contribution in [0.1, 0.15) is 44.1 Å². The highest BCUT2D eigenvalue weighted by molar-refractivity contribution is 5.20. The molecule has 1 N–H and O–H groups in total. The molecule has 76 valence electrons. The van der Waals surface area contributed by atoms with Gasteiger partial charge in [0.05, 0.1) is 5.60 Å². The molecular weight excluding hydrogens is 172 g/mol. The second-order valence-electron chi connectivity index (χ2n) is 4.68. The van der Waals surface area contributed by atoms with E-state index in [1.54, 1.807) is 0 Å². The third-order valence-corrected chi connectivity index (χ3v) is 3.33. The van der Waals surface area contributed by atoms with E-state index in [0.29, 0.717) is 5.92 Å². The minimum Gasteiger partial charge on any atom is -0.390 e. The van der Waals surface area contributed by atoms with Gasteiger partial charge in [-0.25, -0.2) is 0 Å². The minimum atomic E-state index is -0.411. The Balaban J connectivity index is 2.03. The van der Waals surface area contributed by atoms with Crippen molar-refractivity contribution in [3.05, 3.63) is 35.9 Å². The highest BCUT2D eigenvalue weighted by atomic mass is 16.3. The summed E-state index contributed by atoms with van der Waals surface area (Å²) in [5, 5.41) is 9.84. The van der Waals surface area contributed by atoms with Crippen LogP contribution in [0, 0.1) is 0 Å². The maximum absolute atomic E-state index is 9.84. The fourth-order valence-corrected chi connectivity index (χ4v) is 2.30. The number of benzene rings is 1. The Morgan fingerprint density at radius 3 is 2.29 bits per heavy atom. The summed E-state index contributed by atoms with van der Waals surface area (Å²) in [7, 11) is 0. The van der Waals surface area contributed by atoms with Crippen molar-refractivity contribution in [2.45, 2.75) is 44.1 Å². The third-order valence-electron chi connectivity index (χ3n) is 3.33. The van der Waals surface area contributed by atoms with E-state index in [-0.39, 0.29) is 0 Å². The summed E-state index contributed by atoms with van der Waals surface area (Å²) in [6.07, 6.45) is 4.12. The van der Waals surface area contributed by atoms with Crippen molar-refractivity contribution in [3.63, 3.8) is 0 Å². The van der Waals surface area contributed by atoms with Crippen molar-refractivity contribution in [1.29, 1.82) is 0 Å². The Hall–Kier alpha value is -0.820. The first kappa shape index (κ1) is 9.72. The molecule has 0 radical (unpaired) electrons. The van der Waals surface area contributed by atoms with Crippen molar-refractivity contribution < 1.29 is 5.11 Å². The zero-order chi connectivity index (χ0) is 10.0. The molecule has 0 aromatic heterocycles. The minimum absolute atomic E-state index is 0.411. The van der Waals surface area contributed by atoms with Gasteiger partial charge in [0.2, 0.25) is 0 Å². The first-order chi connectivity index (χ1) is 6.67. The number of hydrogen-bond acceptors (Lipinski definition) is 1. The molecule has 0 heterocycles. The van der Waals surface area contributed by atoms with Gasteiger partial charge in [-0.15, -0.1) is 0 Å². The van der Waals surface area contributed by atoms with Gasteiger partial charge in [-0.3, -0.25) is 0 Å². The van der Waals surface area contributed by atoms with Crippen LogP contribution >= 0.6 is 0 Å². The molecule has 0 aliphatic heterocycles. The molecule has 2 rings (SSSR count). The summed E-state index contributed by atoms with van der Waals surface area (Å²) in [5.41, 5.74) is 1.02. The zero-order valence-electron chi connectivity index (χ0n) is 8.74. The average Bonchev–Trinajstić information content (AvgIpc) is 2.19. The maximum Gasteiger partial charge on any atom is 0.0620 e. The molecule has 1 saturated carbocycles. The first-order valence-electron chi connectivity index (χ1n) is 5.45. The van der Waals surface area contributed by atoms with E-state index < -0.39 is 5.60 Å². The normalized spacial score (nSPS) is 32.9. The van der Waals surface area contributed by atoms with Crippen molar-refractivity contribution >= 4 is 0 Å². The van der Waals surface area contributed by atoms with E-state index in [1.165, 1.54) is 5.56 Å². The second kappa shape index (κ2) is 3.74. The summed E-state index contributed by atoms with van der Waals surface area (Å²) < 4.78 is 0. The summed E-state index contributed by atoms with van der Waals surface area (Å²) in [6, 6.07) is 10.7. The highest BCUT2D eigenvalue weighted by Crippen LogP contribution is 2.37. The zero-order valence-corrected chi connectivity index (χ0v) is 8.74. The lowest BCUT2D eigenvalue weighted by Crippen LogP contribution is -2.29. The van der Waals surface area contributed by atoms with Crippen LogP contribution in [-0.2, 0) is 0 Å². The van der Waals surface area contributed by atoms with E-state index in [1.807, 2.05) is 6.92 Å². The molecular formula is C13H18O. The predicted octanol–water partition coefficient (Wildman–Crippen LogP) is 3.10. The van der Waals surface area contributed by atoms with Gasteiger partial charge < -0.3 is 5.11 Å². The van der Waals surface area contributed by atoms with E-state index >= 15 is 0 Å². The summed E-state index contributed by atoms with van der Waals surface area (Å²) >= 11 is 0. The number of aliphatic hydroxyl groups is 1. The molecule has 0 unspecified atom stereocenters. The highest BCUT2D eigenvalue weighted by Gasteiger charge is 2.28. The Kier molecular flexibility index (Phi) is 2.60. The molecule has 1 aromatic carbocycles. The van der Waals surface area contributed by atoms with Crippen molar-refractivity contribution in [2.75, 3.05) is 0 Å². The Bertz CT molecular complexity index is 279. The molecule has 1 heteroatoms. The van der Waals surface area contributed by atoms with Gasteiger partial charge in [-0.1, -0.05) is 30.3 Å². The van der Waals surface area contributed by atoms with Crippen LogP contribution in [-0.4, -0.2) is 10.7 Å². The fourth-order valence-electron chi connectivity index (χ4n) is 2.30. The standard InChI is InChI=1S/C13H18O/c1-13(14)9-7-12(8-10-13)11-5-3-2-4-6-11/h2-6,12,14H,7-10H2,1H3. The van der Waals surface area contributed by atoms with E-state index in [4.69, 9.17) is 0 Å². The maximum atomic E-state index is 9.84. The van der Waals surface area contributed by atoms with Crippen LogP contribution in [0.4, 0.5) is 0 Å². The lowest BCUT2D eigenvalue weighted by atomic mass is 9.77. The monoisotopic (exact) mass is 190 g/mol. The predicted molar refractivity (Wildman–Crippen MR) is 58.3 cm³/mol. The summed E-state index contributed by atoms with van der Waals surface area (Å²) in [6.45, 7) is 1.95. The van der Waals surface area contributed by atoms with Gasteiger partial charge in [0.25, 0.3) is 0 Å². The first-order valence-corrected chi connectivity index (χ1v) is 5.45. The third kappa shape index (κ3) is 2.16. The topological polar surface area (TPSA) is 20.2 Å². The fraction of sp³-hybridized carbons (Fsp3) is 0.538. The average molecular weight is 190 g/mol. The Labute approximate surface area is 85.8 Å². The van der Waals surface area contributed by atoms with Gasteiger partial charge in [0, 0.05) is 0 Å². The van der Waals surface area contributed by atoms with Crippen LogP contribution < -0.4 is 0 Å². The van der Waals surface area contributed by atoms with Crippen molar-refractivity contribution in [3.8, 4) is 0 Å². The number of rotatable bonds is 1. The van der Waals surface area contributed by atoms with Crippen molar-refractivity contribution in [2.24, 2.45) is 0 Å². The Morgan fingerprint density at radius 1 is 1.14 bits per heavy atom. The van der Waals surface area contributed by atoms with E-state index in [0.717, 1.165) is 25.7 Å². The van der Waals surface area contributed by atoms with Crippen LogP contribution in [0.15, 0.2) is 30.3 Å². The molecule has 1 aliphatic rings. The molecule has 1 nitrogen and oxygen atoms in total. The lowest BCUT2D eigenvalue weighted by Gasteiger charge is -2.33.